The molecule has 0 saturated heterocycles. The van der Waals surface area contributed by atoms with Gasteiger partial charge < -0.3 is 4.74 Å². The van der Waals surface area contributed by atoms with Gasteiger partial charge in [-0.3, -0.25) is 0 Å². The third kappa shape index (κ3) is 3.14. The van der Waals surface area contributed by atoms with Gasteiger partial charge in [-0.2, -0.15) is 0 Å². The zero-order chi connectivity index (χ0) is 15.5. The van der Waals surface area contributed by atoms with Crippen molar-refractivity contribution >= 4 is 32.9 Å². The van der Waals surface area contributed by atoms with Gasteiger partial charge in [0.2, 0.25) is 0 Å². The molecule has 1 heterocycles. The van der Waals surface area contributed by atoms with E-state index in [9.17, 15) is 0 Å². The topological polar surface area (TPSA) is 9.23 Å². The zero-order valence-electron chi connectivity index (χ0n) is 12.5. The lowest BCUT2D eigenvalue weighted by molar-refractivity contribution is 0.340. The van der Waals surface area contributed by atoms with Gasteiger partial charge in [0.05, 0.1) is 11.5 Å². The average molecular weight is 345 g/mol. The van der Waals surface area contributed by atoms with Gasteiger partial charge in [-0.25, -0.2) is 0 Å². The van der Waals surface area contributed by atoms with E-state index in [4.69, 9.17) is 17.0 Å². The van der Waals surface area contributed by atoms with Crippen molar-refractivity contribution in [1.82, 2.24) is 0 Å². The first-order valence-corrected chi connectivity index (χ1v) is 9.68. The number of hydrogen-bond donors (Lipinski definition) is 0. The highest BCUT2D eigenvalue weighted by Gasteiger charge is 2.12. The van der Waals surface area contributed by atoms with Crippen LogP contribution in [0.5, 0.6) is 5.75 Å². The van der Waals surface area contributed by atoms with E-state index in [1.807, 2.05) is 19.1 Å². The zero-order valence-corrected chi connectivity index (χ0v) is 14.9. The van der Waals surface area contributed by atoms with E-state index in [0.717, 1.165) is 20.7 Å². The number of benzene rings is 2. The van der Waals surface area contributed by atoms with Gasteiger partial charge >= 0.3 is 0 Å². The fourth-order valence-corrected chi connectivity index (χ4v) is 5.21. The second-order valence-corrected chi connectivity index (χ2v) is 7.80. The lowest BCUT2D eigenvalue weighted by Crippen LogP contribution is -1.90. The second kappa shape index (κ2) is 6.73. The summed E-state index contributed by atoms with van der Waals surface area (Å²) in [6.07, 6.45) is 0. The van der Waals surface area contributed by atoms with E-state index in [-0.39, 0.29) is 0 Å². The van der Waals surface area contributed by atoms with Crippen LogP contribution in [0.15, 0.2) is 48.5 Å². The molecule has 0 unspecified atom stereocenters. The fraction of sp³-hybridized carbons (Fsp3) is 0.167. The van der Waals surface area contributed by atoms with E-state index in [2.05, 4.69) is 43.3 Å². The minimum absolute atomic E-state index is 0.681. The molecule has 0 amide bonds. The molecule has 0 bridgehead atoms. The summed E-state index contributed by atoms with van der Waals surface area (Å²) in [4.78, 5) is 1.25. The first-order chi connectivity index (χ1) is 10.7. The summed E-state index contributed by atoms with van der Waals surface area (Å²) in [6.45, 7) is 4.78. The van der Waals surface area contributed by atoms with Gasteiger partial charge in [0.15, 0.2) is 0 Å². The minimum Gasteiger partial charge on any atom is -0.494 e. The Morgan fingerprint density at radius 2 is 1.55 bits per heavy atom. The molecule has 3 rings (SSSR count). The summed E-state index contributed by atoms with van der Waals surface area (Å²) < 4.78 is 6.46. The van der Waals surface area contributed by atoms with E-state index < -0.39 is 0 Å². The molecular weight excluding hydrogens is 328 g/mol. The minimum atomic E-state index is 0.681. The Bertz CT molecular complexity index is 811. The fourth-order valence-electron chi connectivity index (χ4n) is 2.29. The monoisotopic (exact) mass is 344 g/mol. The Morgan fingerprint density at radius 1 is 0.909 bits per heavy atom. The molecule has 1 aromatic heterocycles. The predicted molar refractivity (Wildman–Crippen MR) is 99.8 cm³/mol. The summed E-state index contributed by atoms with van der Waals surface area (Å²) >= 11 is 5.56. The molecule has 0 fully saturated rings. The molecule has 22 heavy (non-hydrogen) atoms. The highest BCUT2D eigenvalue weighted by atomic mass is 32.9. The smallest absolute Gasteiger partial charge is 0.119 e. The highest BCUT2D eigenvalue weighted by molar-refractivity contribution is 7.80. The first kappa shape index (κ1) is 15.4. The van der Waals surface area contributed by atoms with Crippen molar-refractivity contribution in [1.29, 1.82) is 0 Å². The Labute approximate surface area is 143 Å². The average Bonchev–Trinajstić information content (AvgIpc) is 2.91. The molecule has 112 valence electrons. The van der Waals surface area contributed by atoms with Crippen LogP contribution in [0.3, 0.4) is 0 Å². The largest absolute Gasteiger partial charge is 0.494 e. The molecule has 4 heteroatoms. The van der Waals surface area contributed by atoms with Crippen molar-refractivity contribution in [3.05, 3.63) is 57.9 Å². The maximum atomic E-state index is 5.56. The Morgan fingerprint density at radius 3 is 2.18 bits per heavy atom. The maximum Gasteiger partial charge on any atom is 0.119 e. The summed E-state index contributed by atoms with van der Waals surface area (Å²) in [5.41, 5.74) is 4.82. The normalized spacial score (nSPS) is 10.6. The van der Waals surface area contributed by atoms with Gasteiger partial charge in [-0.05, 0) is 37.1 Å². The molecular formula is C18H16OS3. The maximum absolute atomic E-state index is 5.56. The molecule has 1 nitrogen and oxygen atoms in total. The van der Waals surface area contributed by atoms with E-state index >= 15 is 0 Å². The lowest BCUT2D eigenvalue weighted by Gasteiger charge is -2.06. The second-order valence-electron chi connectivity index (χ2n) is 4.98. The molecule has 2 aromatic carbocycles. The number of hydrogen-bond acceptors (Lipinski definition) is 4. The lowest BCUT2D eigenvalue weighted by atomic mass is 10.0. The van der Waals surface area contributed by atoms with Crippen LogP contribution >= 0.6 is 32.9 Å². The van der Waals surface area contributed by atoms with Crippen molar-refractivity contribution in [2.45, 2.75) is 13.8 Å². The summed E-state index contributed by atoms with van der Waals surface area (Å²) in [5, 5.41) is 0. The number of aryl methyl sites for hydroxylation is 1. The Kier molecular flexibility index (Phi) is 4.71. The number of rotatable bonds is 4. The van der Waals surface area contributed by atoms with Crippen LogP contribution in [0.1, 0.15) is 12.5 Å². The molecule has 0 N–H and O–H groups in total. The van der Waals surface area contributed by atoms with Crippen LogP contribution in [-0.4, -0.2) is 6.61 Å². The van der Waals surface area contributed by atoms with Gasteiger partial charge in [0.1, 0.15) is 9.57 Å². The summed E-state index contributed by atoms with van der Waals surface area (Å²) in [7, 11) is 3.42. The first-order valence-electron chi connectivity index (χ1n) is 7.12. The molecule has 3 aromatic rings. The predicted octanol–water partition coefficient (Wildman–Crippen LogP) is 6.58. The van der Waals surface area contributed by atoms with Gasteiger partial charge in [-0.15, -0.1) is 0 Å². The van der Waals surface area contributed by atoms with Crippen LogP contribution in [0.2, 0.25) is 0 Å². The molecule has 0 radical (unpaired) electrons. The number of ether oxygens (including phenoxy) is 1. The van der Waals surface area contributed by atoms with E-state index in [1.54, 1.807) is 20.7 Å². The van der Waals surface area contributed by atoms with Crippen LogP contribution < -0.4 is 4.74 Å². The van der Waals surface area contributed by atoms with Crippen molar-refractivity contribution in [2.24, 2.45) is 0 Å². The molecule has 0 atom stereocenters. The molecule has 0 spiro atoms. The molecule has 0 saturated carbocycles. The van der Waals surface area contributed by atoms with Crippen LogP contribution in [0.4, 0.5) is 0 Å². The van der Waals surface area contributed by atoms with Gasteiger partial charge in [0.25, 0.3) is 0 Å². The van der Waals surface area contributed by atoms with Crippen molar-refractivity contribution < 1.29 is 4.74 Å². The van der Waals surface area contributed by atoms with Crippen LogP contribution in [0, 0.1) is 10.7 Å². The van der Waals surface area contributed by atoms with Crippen molar-refractivity contribution in [2.75, 3.05) is 6.61 Å². The third-order valence-electron chi connectivity index (χ3n) is 3.40. The Balaban J connectivity index is 2.05. The SMILES string of the molecule is CCOc1ccc(-c2c(-c3ccc(C)cc3)ssc2=S)cc1. The van der Waals surface area contributed by atoms with E-state index in [1.165, 1.54) is 16.0 Å². The third-order valence-corrected chi connectivity index (χ3v) is 6.47. The van der Waals surface area contributed by atoms with Gasteiger partial charge in [-0.1, -0.05) is 74.9 Å². The van der Waals surface area contributed by atoms with Crippen LogP contribution in [0.25, 0.3) is 21.6 Å². The highest BCUT2D eigenvalue weighted by Crippen LogP contribution is 2.41. The summed E-state index contributed by atoms with van der Waals surface area (Å²) in [5.74, 6) is 0.896. The van der Waals surface area contributed by atoms with Crippen molar-refractivity contribution in [3.8, 4) is 27.3 Å². The van der Waals surface area contributed by atoms with Crippen LogP contribution in [-0.2, 0) is 0 Å². The summed E-state index contributed by atoms with van der Waals surface area (Å²) in [6, 6.07) is 16.8. The van der Waals surface area contributed by atoms with E-state index in [0.29, 0.717) is 6.61 Å². The van der Waals surface area contributed by atoms with Crippen molar-refractivity contribution in [3.63, 3.8) is 0 Å². The quantitative estimate of drug-likeness (QED) is 0.390. The molecule has 0 aliphatic carbocycles. The Hall–Kier alpha value is -1.49. The standard InChI is InChI=1S/C18H16OS3/c1-3-19-15-10-8-13(9-11-15)16-17(21-22-18(16)20)14-6-4-12(2)5-7-14/h4-11H,3H2,1-2H3. The molecule has 0 aliphatic rings. The van der Waals surface area contributed by atoms with Gasteiger partial charge in [0, 0.05) is 5.56 Å². The molecule has 0 aliphatic heterocycles.